The number of alkyl halides is 1. The number of H-pyrrole nitrogens is 1. The fraction of sp³-hybridized carbons (Fsp3) is 0.682. The van der Waals surface area contributed by atoms with E-state index in [-0.39, 0.29) is 21.3 Å². The molecule has 2 aromatic heterocycles. The highest BCUT2D eigenvalue weighted by Crippen LogP contribution is 2.65. The first-order valence-electron chi connectivity index (χ1n) is 10.5. The summed E-state index contributed by atoms with van der Waals surface area (Å²) in [6, 6.07) is 0. The lowest BCUT2D eigenvalue weighted by atomic mass is 9.49. The molecule has 29 heavy (non-hydrogen) atoms. The number of carbonyl (C=O) groups is 1. The van der Waals surface area contributed by atoms with E-state index in [1.807, 2.05) is 13.8 Å². The van der Waals surface area contributed by atoms with Crippen LogP contribution in [0, 0.1) is 31.1 Å². The maximum absolute atomic E-state index is 12.9. The number of carbonyl (C=O) groups excluding carboxylic acids is 1. The zero-order valence-corrected chi connectivity index (χ0v) is 19.5. The molecule has 2 aromatic rings. The van der Waals surface area contributed by atoms with Crippen LogP contribution in [-0.4, -0.2) is 20.3 Å². The normalized spacial score (nSPS) is 33.9. The molecule has 0 aliphatic heterocycles. The molecule has 4 aliphatic rings. The summed E-state index contributed by atoms with van der Waals surface area (Å²) >= 11 is 5.52. The van der Waals surface area contributed by atoms with Crippen molar-refractivity contribution in [2.75, 3.05) is 0 Å². The van der Waals surface area contributed by atoms with Gasteiger partial charge in [-0.15, -0.1) is 11.3 Å². The molecule has 1 N–H and O–H groups in total. The molecule has 0 amide bonds. The van der Waals surface area contributed by atoms with E-state index in [2.05, 4.69) is 25.9 Å². The summed E-state index contributed by atoms with van der Waals surface area (Å²) < 4.78 is 6.00. The number of hydrogen-bond donors (Lipinski definition) is 1. The predicted molar refractivity (Wildman–Crippen MR) is 118 cm³/mol. The Labute approximate surface area is 182 Å². The number of halogens is 1. The topological polar surface area (TPSA) is 72.0 Å². The first-order valence-corrected chi connectivity index (χ1v) is 12.1. The monoisotopic (exact) mass is 478 g/mol. The minimum atomic E-state index is -0.561. The molecule has 4 aliphatic carbocycles. The highest BCUT2D eigenvalue weighted by molar-refractivity contribution is 9.10. The zero-order chi connectivity index (χ0) is 20.6. The Bertz CT molecular complexity index is 1040. The minimum Gasteiger partial charge on any atom is -0.454 e. The molecule has 6 rings (SSSR count). The van der Waals surface area contributed by atoms with Crippen molar-refractivity contribution in [1.82, 2.24) is 9.97 Å². The molecule has 0 unspecified atom stereocenters. The predicted octanol–water partition coefficient (Wildman–Crippen LogP) is 5.33. The molecule has 5 nitrogen and oxygen atoms in total. The van der Waals surface area contributed by atoms with Gasteiger partial charge in [-0.05, 0) is 82.1 Å². The van der Waals surface area contributed by atoms with Gasteiger partial charge in [-0.2, -0.15) is 0 Å². The summed E-state index contributed by atoms with van der Waals surface area (Å²) in [4.78, 5) is 34.6. The first-order chi connectivity index (χ1) is 13.7. The van der Waals surface area contributed by atoms with Crippen LogP contribution in [0.25, 0.3) is 10.2 Å². The van der Waals surface area contributed by atoms with Gasteiger partial charge in [0.25, 0.3) is 5.56 Å². The van der Waals surface area contributed by atoms with Crippen molar-refractivity contribution in [3.05, 3.63) is 26.6 Å². The van der Waals surface area contributed by atoms with E-state index in [4.69, 9.17) is 4.74 Å². The van der Waals surface area contributed by atoms with Gasteiger partial charge in [0.2, 0.25) is 0 Å². The van der Waals surface area contributed by atoms with Crippen molar-refractivity contribution in [2.24, 2.45) is 17.3 Å². The third kappa shape index (κ3) is 3.38. The van der Waals surface area contributed by atoms with Gasteiger partial charge >= 0.3 is 5.97 Å². The third-order valence-electron chi connectivity index (χ3n) is 7.38. The Morgan fingerprint density at radius 1 is 1.31 bits per heavy atom. The highest BCUT2D eigenvalue weighted by Gasteiger charge is 2.57. The van der Waals surface area contributed by atoms with Crippen molar-refractivity contribution >= 4 is 43.5 Å². The lowest BCUT2D eigenvalue weighted by molar-refractivity contribution is -0.156. The number of fused-ring (bicyclic) bond motifs is 1. The van der Waals surface area contributed by atoms with E-state index in [1.165, 1.54) is 30.6 Å². The summed E-state index contributed by atoms with van der Waals surface area (Å²) in [7, 11) is 0. The van der Waals surface area contributed by atoms with Gasteiger partial charge < -0.3 is 9.72 Å². The van der Waals surface area contributed by atoms with Crippen LogP contribution in [-0.2, 0) is 9.53 Å². The van der Waals surface area contributed by atoms with Crippen LogP contribution in [0.15, 0.2) is 4.79 Å². The molecular formula is C22H27BrN2O3S. The SMILES string of the molecule is Cc1sc2nc([C@@H](C)OC(=O)CC34C[C@H]5C[C@@H](CC(Br)(C5)C3)C4)[nH]c(=O)c2c1C. The van der Waals surface area contributed by atoms with Gasteiger partial charge in [-0.25, -0.2) is 4.98 Å². The summed E-state index contributed by atoms with van der Waals surface area (Å²) in [5.41, 5.74) is 0.898. The van der Waals surface area contributed by atoms with Gasteiger partial charge in [-0.1, -0.05) is 15.9 Å². The van der Waals surface area contributed by atoms with Crippen molar-refractivity contribution in [3.8, 4) is 0 Å². The fourth-order valence-corrected chi connectivity index (χ4v) is 9.15. The maximum atomic E-state index is 12.9. The highest BCUT2D eigenvalue weighted by atomic mass is 79.9. The van der Waals surface area contributed by atoms with Crippen molar-refractivity contribution < 1.29 is 9.53 Å². The van der Waals surface area contributed by atoms with Gasteiger partial charge in [0.05, 0.1) is 11.8 Å². The minimum absolute atomic E-state index is 0.0805. The van der Waals surface area contributed by atoms with Crippen LogP contribution >= 0.6 is 27.3 Å². The molecule has 4 bridgehead atoms. The maximum Gasteiger partial charge on any atom is 0.307 e. The largest absolute Gasteiger partial charge is 0.454 e. The van der Waals surface area contributed by atoms with Gasteiger partial charge in [0, 0.05) is 9.20 Å². The Balaban J connectivity index is 1.32. The molecule has 4 saturated carbocycles. The number of rotatable bonds is 4. The standard InChI is InChI=1S/C22H27BrN2O3S/c1-11-13(3)29-20-17(11)19(27)24-18(25-20)12(2)28-16(26)9-21-5-14-4-15(6-21)8-22(23,7-14)10-21/h12,14-15H,4-10H2,1-3H3,(H,24,25,27)/t12-,14-,15-,21?,22?/m1/s1. The van der Waals surface area contributed by atoms with E-state index in [0.29, 0.717) is 22.5 Å². The van der Waals surface area contributed by atoms with E-state index >= 15 is 0 Å². The van der Waals surface area contributed by atoms with Crippen molar-refractivity contribution in [3.63, 3.8) is 0 Å². The number of nitrogens with zero attached hydrogens (tertiary/aromatic N) is 1. The number of aromatic amines is 1. The number of aryl methyl sites for hydroxylation is 2. The van der Waals surface area contributed by atoms with Crippen LogP contribution in [0.1, 0.15) is 74.2 Å². The second kappa shape index (κ2) is 6.64. The fourth-order valence-electron chi connectivity index (χ4n) is 6.61. The Morgan fingerprint density at radius 3 is 2.66 bits per heavy atom. The van der Waals surface area contributed by atoms with Crippen LogP contribution in [0.2, 0.25) is 0 Å². The average Bonchev–Trinajstić information content (AvgIpc) is 2.86. The number of thiophene rings is 1. The number of ether oxygens (including phenoxy) is 1. The molecule has 0 radical (unpaired) electrons. The Morgan fingerprint density at radius 2 is 2.00 bits per heavy atom. The van der Waals surface area contributed by atoms with Crippen molar-refractivity contribution in [1.29, 1.82) is 0 Å². The van der Waals surface area contributed by atoms with E-state index in [9.17, 15) is 9.59 Å². The molecule has 156 valence electrons. The summed E-state index contributed by atoms with van der Waals surface area (Å²) in [5, 5.41) is 0.644. The molecule has 2 heterocycles. The number of esters is 1. The second-order valence-electron chi connectivity index (χ2n) is 9.84. The van der Waals surface area contributed by atoms with Crippen LogP contribution < -0.4 is 5.56 Å². The average molecular weight is 479 g/mol. The number of hydrogen-bond acceptors (Lipinski definition) is 5. The quantitative estimate of drug-likeness (QED) is 0.475. The number of aromatic nitrogens is 2. The van der Waals surface area contributed by atoms with Crippen molar-refractivity contribution in [2.45, 2.75) is 76.1 Å². The van der Waals surface area contributed by atoms with Crippen LogP contribution in [0.3, 0.4) is 0 Å². The van der Waals surface area contributed by atoms with E-state index < -0.39 is 6.10 Å². The van der Waals surface area contributed by atoms with Gasteiger partial charge in [0.15, 0.2) is 11.9 Å². The second-order valence-corrected chi connectivity index (χ2v) is 12.7. The van der Waals surface area contributed by atoms with Gasteiger partial charge in [-0.3, -0.25) is 9.59 Å². The lowest BCUT2D eigenvalue weighted by Crippen LogP contribution is -2.53. The van der Waals surface area contributed by atoms with E-state index in [1.54, 1.807) is 6.92 Å². The molecule has 0 spiro atoms. The smallest absolute Gasteiger partial charge is 0.307 e. The Kier molecular flexibility index (Phi) is 4.52. The number of nitrogens with one attached hydrogen (secondary N) is 1. The summed E-state index contributed by atoms with van der Waals surface area (Å²) in [6.45, 7) is 5.73. The van der Waals surface area contributed by atoms with Gasteiger partial charge in [0.1, 0.15) is 4.83 Å². The lowest BCUT2D eigenvalue weighted by Gasteiger charge is -2.60. The zero-order valence-electron chi connectivity index (χ0n) is 17.1. The van der Waals surface area contributed by atoms with Crippen LogP contribution in [0.5, 0.6) is 0 Å². The molecule has 3 atom stereocenters. The summed E-state index contributed by atoms with van der Waals surface area (Å²) in [6.07, 6.45) is 7.11. The molecule has 7 heteroatoms. The molecule has 0 saturated heterocycles. The molecular weight excluding hydrogens is 452 g/mol. The first kappa shape index (κ1) is 19.7. The summed E-state index contributed by atoms with van der Waals surface area (Å²) in [5.74, 6) is 1.74. The molecule has 4 fully saturated rings. The Hall–Kier alpha value is -1.21. The molecule has 0 aromatic carbocycles. The third-order valence-corrected chi connectivity index (χ3v) is 9.41. The van der Waals surface area contributed by atoms with E-state index in [0.717, 1.165) is 41.5 Å². The van der Waals surface area contributed by atoms with Crippen LogP contribution in [0.4, 0.5) is 0 Å².